The summed E-state index contributed by atoms with van der Waals surface area (Å²) in [5, 5.41) is 11.8. The molecule has 0 saturated carbocycles. The van der Waals surface area contributed by atoms with Crippen LogP contribution in [-0.2, 0) is 4.79 Å². The molecule has 0 radical (unpaired) electrons. The number of carbonyl (C=O) groups is 2. The Bertz CT molecular complexity index is 473. The Balaban J connectivity index is 2.94. The second kappa shape index (κ2) is 6.65. The number of carbonyl (C=O) groups excluding carboxylic acids is 1. The standard InChI is InChI=1S/C13H17BrN2O3/c1-3-13(4-2,7-11(17)18)16-12(19)9-5-6-15-8-10(9)14/h5-6,8H,3-4,7H2,1-2H3,(H,16,19)(H,17,18). The number of rotatable bonds is 6. The molecule has 1 aromatic heterocycles. The van der Waals surface area contributed by atoms with Crippen molar-refractivity contribution in [3.8, 4) is 0 Å². The highest BCUT2D eigenvalue weighted by Crippen LogP contribution is 2.22. The number of halogens is 1. The number of hydrogen-bond donors (Lipinski definition) is 2. The topological polar surface area (TPSA) is 79.3 Å². The highest BCUT2D eigenvalue weighted by atomic mass is 79.9. The first-order valence-corrected chi connectivity index (χ1v) is 6.87. The van der Waals surface area contributed by atoms with Crippen LogP contribution in [-0.4, -0.2) is 27.5 Å². The first kappa shape index (κ1) is 15.6. The van der Waals surface area contributed by atoms with E-state index in [9.17, 15) is 9.59 Å². The molecule has 1 heterocycles. The molecule has 104 valence electrons. The maximum atomic E-state index is 12.2. The maximum Gasteiger partial charge on any atom is 0.305 e. The molecule has 2 N–H and O–H groups in total. The Morgan fingerprint density at radius 2 is 2.05 bits per heavy atom. The molecule has 0 aliphatic rings. The average Bonchev–Trinajstić information content (AvgIpc) is 2.37. The van der Waals surface area contributed by atoms with Gasteiger partial charge in [0.25, 0.3) is 5.91 Å². The summed E-state index contributed by atoms with van der Waals surface area (Å²) in [6, 6.07) is 1.59. The van der Waals surface area contributed by atoms with Gasteiger partial charge in [0.05, 0.1) is 17.5 Å². The smallest absolute Gasteiger partial charge is 0.305 e. The number of carboxylic acids is 1. The minimum Gasteiger partial charge on any atom is -0.481 e. The molecule has 0 aliphatic carbocycles. The van der Waals surface area contributed by atoms with Gasteiger partial charge in [-0.05, 0) is 34.8 Å². The van der Waals surface area contributed by atoms with Gasteiger partial charge < -0.3 is 10.4 Å². The van der Waals surface area contributed by atoms with Crippen LogP contribution in [0.3, 0.4) is 0 Å². The van der Waals surface area contributed by atoms with Gasteiger partial charge in [-0.25, -0.2) is 0 Å². The van der Waals surface area contributed by atoms with Gasteiger partial charge in [-0.1, -0.05) is 13.8 Å². The van der Waals surface area contributed by atoms with Crippen LogP contribution in [0.15, 0.2) is 22.9 Å². The van der Waals surface area contributed by atoms with E-state index in [2.05, 4.69) is 26.2 Å². The van der Waals surface area contributed by atoms with E-state index >= 15 is 0 Å². The second-order valence-electron chi connectivity index (χ2n) is 4.37. The SMILES string of the molecule is CCC(CC)(CC(=O)O)NC(=O)c1ccncc1Br. The molecule has 0 unspecified atom stereocenters. The molecule has 19 heavy (non-hydrogen) atoms. The third-order valence-electron chi connectivity index (χ3n) is 3.24. The number of hydrogen-bond acceptors (Lipinski definition) is 3. The van der Waals surface area contributed by atoms with Crippen LogP contribution in [0.2, 0.25) is 0 Å². The van der Waals surface area contributed by atoms with Gasteiger partial charge in [0.15, 0.2) is 0 Å². The summed E-state index contributed by atoms with van der Waals surface area (Å²) in [4.78, 5) is 27.1. The van der Waals surface area contributed by atoms with Crippen molar-refractivity contribution >= 4 is 27.8 Å². The van der Waals surface area contributed by atoms with Crippen molar-refractivity contribution in [2.75, 3.05) is 0 Å². The monoisotopic (exact) mass is 328 g/mol. The maximum absolute atomic E-state index is 12.2. The van der Waals surface area contributed by atoms with E-state index in [0.717, 1.165) is 0 Å². The van der Waals surface area contributed by atoms with Crippen LogP contribution >= 0.6 is 15.9 Å². The predicted molar refractivity (Wildman–Crippen MR) is 75.0 cm³/mol. The number of amides is 1. The van der Waals surface area contributed by atoms with Gasteiger partial charge >= 0.3 is 5.97 Å². The second-order valence-corrected chi connectivity index (χ2v) is 5.22. The molecule has 0 bridgehead atoms. The third-order valence-corrected chi connectivity index (χ3v) is 3.87. The van der Waals surface area contributed by atoms with Crippen LogP contribution in [0.25, 0.3) is 0 Å². The van der Waals surface area contributed by atoms with Crippen molar-refractivity contribution in [3.63, 3.8) is 0 Å². The number of nitrogens with one attached hydrogen (secondary N) is 1. The van der Waals surface area contributed by atoms with Crippen molar-refractivity contribution in [1.29, 1.82) is 0 Å². The summed E-state index contributed by atoms with van der Waals surface area (Å²) in [6.45, 7) is 3.74. The molecule has 1 aromatic rings. The van der Waals surface area contributed by atoms with Crippen molar-refractivity contribution in [1.82, 2.24) is 10.3 Å². The normalized spacial score (nSPS) is 11.1. The van der Waals surface area contributed by atoms with Crippen LogP contribution in [0, 0.1) is 0 Å². The molecule has 1 rings (SSSR count). The third kappa shape index (κ3) is 4.02. The summed E-state index contributed by atoms with van der Waals surface area (Å²) in [7, 11) is 0. The summed E-state index contributed by atoms with van der Waals surface area (Å²) < 4.78 is 0.587. The highest BCUT2D eigenvalue weighted by Gasteiger charge is 2.31. The van der Waals surface area contributed by atoms with Crippen LogP contribution in [0.5, 0.6) is 0 Å². The Labute approximate surface area is 120 Å². The van der Waals surface area contributed by atoms with Gasteiger partial charge in [-0.3, -0.25) is 14.6 Å². The Morgan fingerprint density at radius 1 is 1.42 bits per heavy atom. The number of pyridine rings is 1. The lowest BCUT2D eigenvalue weighted by atomic mass is 9.88. The van der Waals surface area contributed by atoms with Crippen molar-refractivity contribution in [2.24, 2.45) is 0 Å². The zero-order valence-electron chi connectivity index (χ0n) is 10.9. The first-order chi connectivity index (χ1) is 8.94. The first-order valence-electron chi connectivity index (χ1n) is 6.08. The molecule has 0 saturated heterocycles. The minimum atomic E-state index is -0.919. The lowest BCUT2D eigenvalue weighted by molar-refractivity contribution is -0.138. The largest absolute Gasteiger partial charge is 0.481 e. The average molecular weight is 329 g/mol. The molecule has 0 atom stereocenters. The molecule has 6 heteroatoms. The van der Waals surface area contributed by atoms with Crippen molar-refractivity contribution in [3.05, 3.63) is 28.5 Å². The minimum absolute atomic E-state index is 0.0888. The molecule has 0 spiro atoms. The number of aromatic nitrogens is 1. The van der Waals surface area contributed by atoms with Crippen molar-refractivity contribution < 1.29 is 14.7 Å². The van der Waals surface area contributed by atoms with Gasteiger partial charge in [0.2, 0.25) is 0 Å². The summed E-state index contributed by atoms with van der Waals surface area (Å²) in [5.74, 6) is -1.21. The van der Waals surface area contributed by atoms with Gasteiger partial charge in [-0.15, -0.1) is 0 Å². The van der Waals surface area contributed by atoms with E-state index in [4.69, 9.17) is 5.11 Å². The fourth-order valence-corrected chi connectivity index (χ4v) is 2.31. The van der Waals surface area contributed by atoms with E-state index < -0.39 is 11.5 Å². The molecular formula is C13H17BrN2O3. The van der Waals surface area contributed by atoms with E-state index in [0.29, 0.717) is 22.9 Å². The van der Waals surface area contributed by atoms with E-state index in [-0.39, 0.29) is 12.3 Å². The molecular weight excluding hydrogens is 312 g/mol. The summed E-state index contributed by atoms with van der Waals surface area (Å²) in [6.07, 6.45) is 4.09. The number of aliphatic carboxylic acids is 1. The van der Waals surface area contributed by atoms with Gasteiger partial charge in [-0.2, -0.15) is 0 Å². The van der Waals surface area contributed by atoms with Crippen LogP contribution < -0.4 is 5.32 Å². The molecule has 0 fully saturated rings. The lowest BCUT2D eigenvalue weighted by Crippen LogP contribution is -2.49. The number of nitrogens with zero attached hydrogens (tertiary/aromatic N) is 1. The van der Waals surface area contributed by atoms with Crippen molar-refractivity contribution in [2.45, 2.75) is 38.6 Å². The number of carboxylic acid groups (broad SMARTS) is 1. The van der Waals surface area contributed by atoms with E-state index in [1.54, 1.807) is 6.07 Å². The van der Waals surface area contributed by atoms with E-state index in [1.807, 2.05) is 13.8 Å². The fraction of sp³-hybridized carbons (Fsp3) is 0.462. The van der Waals surface area contributed by atoms with Gasteiger partial charge in [0.1, 0.15) is 0 Å². The lowest BCUT2D eigenvalue weighted by Gasteiger charge is -2.31. The molecule has 1 amide bonds. The summed E-state index contributed by atoms with van der Waals surface area (Å²) >= 11 is 3.26. The Hall–Kier alpha value is -1.43. The Morgan fingerprint density at radius 3 is 2.53 bits per heavy atom. The Kier molecular flexibility index (Phi) is 5.47. The van der Waals surface area contributed by atoms with E-state index in [1.165, 1.54) is 12.4 Å². The highest BCUT2D eigenvalue weighted by molar-refractivity contribution is 9.10. The predicted octanol–water partition coefficient (Wildman–Crippen LogP) is 2.61. The van der Waals surface area contributed by atoms with Crippen LogP contribution in [0.4, 0.5) is 0 Å². The van der Waals surface area contributed by atoms with Crippen LogP contribution in [0.1, 0.15) is 43.5 Å². The molecule has 5 nitrogen and oxygen atoms in total. The zero-order chi connectivity index (χ0) is 14.5. The van der Waals surface area contributed by atoms with Gasteiger partial charge in [0, 0.05) is 16.9 Å². The quantitative estimate of drug-likeness (QED) is 0.841. The summed E-state index contributed by atoms with van der Waals surface area (Å²) in [5.41, 5.74) is -0.266. The molecule has 0 aromatic carbocycles. The molecule has 0 aliphatic heterocycles. The fourth-order valence-electron chi connectivity index (χ4n) is 1.88. The zero-order valence-corrected chi connectivity index (χ0v) is 12.5.